The molecule has 0 aliphatic carbocycles. The summed E-state index contributed by atoms with van der Waals surface area (Å²) in [5, 5.41) is 11.2. The summed E-state index contributed by atoms with van der Waals surface area (Å²) in [4.78, 5) is 61.0. The summed E-state index contributed by atoms with van der Waals surface area (Å²) < 4.78 is 24.6. The molecule has 3 rings (SSSR count). The number of methoxy groups -OCH3 is 1. The van der Waals surface area contributed by atoms with Gasteiger partial charge in [-0.1, -0.05) is 30.3 Å². The number of halogens is 1. The Morgan fingerprint density at radius 2 is 1.80 bits per heavy atom. The smallest absolute Gasteiger partial charge is 0.333 e. The van der Waals surface area contributed by atoms with Crippen molar-refractivity contribution >= 4 is 23.3 Å². The predicted octanol–water partition coefficient (Wildman–Crippen LogP) is 1.12. The molecule has 35 heavy (non-hydrogen) atoms. The maximum absolute atomic E-state index is 13.6. The number of carbonyl (C=O) groups excluding carboxylic acids is 2. The fraction of sp³-hybridized carbons (Fsp3) is 0.182. The maximum Gasteiger partial charge on any atom is 0.333 e. The normalized spacial score (nSPS) is 10.6. The Balaban J connectivity index is 2.06. The molecule has 0 amide bonds. The van der Waals surface area contributed by atoms with Crippen LogP contribution in [0.5, 0.6) is 5.75 Å². The Hall–Kier alpha value is -4.81. The number of ether oxygens (including phenoxy) is 2. The zero-order valence-electron chi connectivity index (χ0n) is 18.3. The molecule has 0 spiro atoms. The minimum absolute atomic E-state index is 0.135. The molecule has 12 nitrogen and oxygen atoms in total. The number of nitrogen functional groups attached to an aromatic ring is 1. The predicted molar refractivity (Wildman–Crippen MR) is 120 cm³/mol. The van der Waals surface area contributed by atoms with Gasteiger partial charge in [-0.3, -0.25) is 29.1 Å². The first-order valence-electron chi connectivity index (χ1n) is 9.97. The third-order valence-corrected chi connectivity index (χ3v) is 4.92. The van der Waals surface area contributed by atoms with Crippen molar-refractivity contribution in [3.63, 3.8) is 0 Å². The number of carbonyl (C=O) groups is 2. The number of rotatable bonds is 9. The molecular formula is C22H19FN4O8. The van der Waals surface area contributed by atoms with Gasteiger partial charge in [-0.2, -0.15) is 0 Å². The van der Waals surface area contributed by atoms with E-state index in [4.69, 9.17) is 10.5 Å². The van der Waals surface area contributed by atoms with Crippen molar-refractivity contribution in [1.82, 2.24) is 9.13 Å². The lowest BCUT2D eigenvalue weighted by Gasteiger charge is -2.16. The molecule has 0 radical (unpaired) electrons. The van der Waals surface area contributed by atoms with Crippen molar-refractivity contribution in [2.75, 3.05) is 19.5 Å². The van der Waals surface area contributed by atoms with Gasteiger partial charge in [0.25, 0.3) is 5.56 Å². The Morgan fingerprint density at radius 1 is 1.11 bits per heavy atom. The number of hydrogen-bond acceptors (Lipinski definition) is 9. The highest BCUT2D eigenvalue weighted by atomic mass is 19.1. The van der Waals surface area contributed by atoms with E-state index in [1.54, 1.807) is 30.3 Å². The number of ketones is 1. The Bertz CT molecular complexity index is 1420. The van der Waals surface area contributed by atoms with Gasteiger partial charge in [0, 0.05) is 12.1 Å². The van der Waals surface area contributed by atoms with Crippen LogP contribution in [0.2, 0.25) is 0 Å². The average molecular weight is 486 g/mol. The monoisotopic (exact) mass is 486 g/mol. The van der Waals surface area contributed by atoms with E-state index >= 15 is 0 Å². The first-order valence-corrected chi connectivity index (χ1v) is 9.97. The second kappa shape index (κ2) is 10.4. The van der Waals surface area contributed by atoms with E-state index in [2.05, 4.69) is 4.74 Å². The highest BCUT2D eigenvalue weighted by Crippen LogP contribution is 2.27. The summed E-state index contributed by atoms with van der Waals surface area (Å²) in [6.07, 6.45) is 0. The van der Waals surface area contributed by atoms with Crippen molar-refractivity contribution in [3.8, 4) is 5.75 Å². The minimum Gasteiger partial charge on any atom is -0.478 e. The zero-order chi connectivity index (χ0) is 25.7. The van der Waals surface area contributed by atoms with Crippen LogP contribution >= 0.6 is 0 Å². The number of aromatic nitrogens is 2. The number of anilines is 1. The summed E-state index contributed by atoms with van der Waals surface area (Å²) >= 11 is 0. The van der Waals surface area contributed by atoms with Gasteiger partial charge in [0.1, 0.15) is 23.7 Å². The molecule has 0 unspecified atom stereocenters. The first kappa shape index (κ1) is 24.8. The lowest BCUT2D eigenvalue weighted by Crippen LogP contribution is -2.46. The molecule has 2 aromatic carbocycles. The van der Waals surface area contributed by atoms with E-state index < -0.39 is 69.7 Å². The van der Waals surface area contributed by atoms with Crippen molar-refractivity contribution in [3.05, 3.63) is 96.4 Å². The third-order valence-electron chi connectivity index (χ3n) is 4.92. The number of esters is 1. The molecule has 13 heteroatoms. The van der Waals surface area contributed by atoms with Gasteiger partial charge in [-0.05, 0) is 11.6 Å². The van der Waals surface area contributed by atoms with Gasteiger partial charge in [0.2, 0.25) is 5.78 Å². The van der Waals surface area contributed by atoms with Crippen molar-refractivity contribution in [2.45, 2.75) is 13.1 Å². The quantitative estimate of drug-likeness (QED) is 0.202. The van der Waals surface area contributed by atoms with Gasteiger partial charge in [0.05, 0.1) is 18.6 Å². The molecule has 0 bridgehead atoms. The molecule has 1 heterocycles. The van der Waals surface area contributed by atoms with Gasteiger partial charge >= 0.3 is 17.3 Å². The second-order valence-electron chi connectivity index (χ2n) is 7.16. The van der Waals surface area contributed by atoms with Gasteiger partial charge in [-0.25, -0.2) is 13.8 Å². The number of benzene rings is 2. The topological polar surface area (TPSA) is 166 Å². The number of hydrogen-bond donors (Lipinski definition) is 1. The van der Waals surface area contributed by atoms with Gasteiger partial charge in [0.15, 0.2) is 12.4 Å². The van der Waals surface area contributed by atoms with Crippen LogP contribution < -0.4 is 21.7 Å². The molecule has 0 saturated carbocycles. The Morgan fingerprint density at radius 3 is 2.43 bits per heavy atom. The summed E-state index contributed by atoms with van der Waals surface area (Å²) in [7, 11) is 1.05. The van der Waals surface area contributed by atoms with E-state index in [0.29, 0.717) is 16.2 Å². The average Bonchev–Trinajstić information content (AvgIpc) is 2.83. The van der Waals surface area contributed by atoms with Crippen LogP contribution in [0.25, 0.3) is 0 Å². The molecule has 2 N–H and O–H groups in total. The van der Waals surface area contributed by atoms with Crippen LogP contribution in [0.15, 0.2) is 58.1 Å². The number of nitro benzene ring substituents is 1. The number of nitrogens with two attached hydrogens (primary N) is 1. The van der Waals surface area contributed by atoms with E-state index in [9.17, 15) is 33.7 Å². The van der Waals surface area contributed by atoms with Crippen LogP contribution in [0, 0.1) is 15.9 Å². The lowest BCUT2D eigenvalue weighted by atomic mass is 10.1. The minimum atomic E-state index is -1.18. The lowest BCUT2D eigenvalue weighted by molar-refractivity contribution is -0.385. The number of nitrogens with zero attached hydrogens (tertiary/aromatic N) is 3. The van der Waals surface area contributed by atoms with Crippen LogP contribution in [0.4, 0.5) is 15.9 Å². The molecule has 0 saturated heterocycles. The molecule has 0 aliphatic rings. The maximum atomic E-state index is 13.6. The zero-order valence-corrected chi connectivity index (χ0v) is 18.3. The fourth-order valence-electron chi connectivity index (χ4n) is 3.20. The Kier molecular flexibility index (Phi) is 7.39. The molecule has 182 valence electrons. The fourth-order valence-corrected chi connectivity index (χ4v) is 3.20. The highest BCUT2D eigenvalue weighted by Gasteiger charge is 2.25. The highest BCUT2D eigenvalue weighted by molar-refractivity contribution is 6.00. The van der Waals surface area contributed by atoms with Crippen molar-refractivity contribution < 1.29 is 28.4 Å². The molecule has 1 aromatic heterocycles. The summed E-state index contributed by atoms with van der Waals surface area (Å²) in [6, 6.07) is 10.9. The van der Waals surface area contributed by atoms with Crippen LogP contribution in [0.1, 0.15) is 15.9 Å². The van der Waals surface area contributed by atoms with Crippen LogP contribution in [-0.4, -0.2) is 39.5 Å². The molecule has 0 aliphatic heterocycles. The standard InChI is InChI=1S/C22H19FN4O8/c1-34-18(29)11-26-21(30)19(20(24)25(22(26)31)10-13-5-3-2-4-6-13)16(28)12-35-17-9-14(23)7-8-15(17)27(32)33/h2-9H,10-12,24H2,1H3. The summed E-state index contributed by atoms with van der Waals surface area (Å²) in [6.45, 7) is -1.87. The van der Waals surface area contributed by atoms with E-state index in [1.165, 1.54) is 0 Å². The first-order chi connectivity index (χ1) is 16.6. The molecule has 3 aromatic rings. The SMILES string of the molecule is COC(=O)Cn1c(=O)c(C(=O)COc2cc(F)ccc2[N+](=O)[O-])c(N)n(Cc2ccccc2)c1=O. The van der Waals surface area contributed by atoms with Gasteiger partial charge in [-0.15, -0.1) is 0 Å². The van der Waals surface area contributed by atoms with Crippen LogP contribution in [-0.2, 0) is 22.6 Å². The van der Waals surface area contributed by atoms with E-state index in [0.717, 1.165) is 23.8 Å². The number of nitro groups is 1. The van der Waals surface area contributed by atoms with Gasteiger partial charge < -0.3 is 15.2 Å². The summed E-state index contributed by atoms with van der Waals surface area (Å²) in [5.41, 5.74) is 3.21. The molecular weight excluding hydrogens is 467 g/mol. The molecule has 0 atom stereocenters. The Labute approximate surface area is 196 Å². The second-order valence-corrected chi connectivity index (χ2v) is 7.16. The van der Waals surface area contributed by atoms with Crippen LogP contribution in [0.3, 0.4) is 0 Å². The summed E-state index contributed by atoms with van der Waals surface area (Å²) in [5.74, 6) is -3.87. The van der Waals surface area contributed by atoms with E-state index in [-0.39, 0.29) is 6.54 Å². The largest absolute Gasteiger partial charge is 0.478 e. The number of Topliss-reactive ketones (excluding diaryl/α,β-unsaturated/α-hetero) is 1. The van der Waals surface area contributed by atoms with Crippen molar-refractivity contribution in [2.24, 2.45) is 0 Å². The van der Waals surface area contributed by atoms with E-state index in [1.807, 2.05) is 0 Å². The van der Waals surface area contributed by atoms with Crippen molar-refractivity contribution in [1.29, 1.82) is 0 Å². The molecule has 0 fully saturated rings. The third kappa shape index (κ3) is 5.40.